The number of anilines is 2. The summed E-state index contributed by atoms with van der Waals surface area (Å²) >= 11 is 2.03. The molecule has 4 heterocycles. The predicted molar refractivity (Wildman–Crippen MR) is 322 cm³/mol. The summed E-state index contributed by atoms with van der Waals surface area (Å²) in [5, 5.41) is 4.16. The highest BCUT2D eigenvalue weighted by molar-refractivity contribution is 7.32. The average molecular weight is 985 g/mol. The van der Waals surface area contributed by atoms with E-state index in [1.165, 1.54) is 150 Å². The maximum absolute atomic E-state index is 2.82. The Kier molecular flexibility index (Phi) is 8.92. The zero-order valence-electron chi connectivity index (χ0n) is 47.2. The summed E-state index contributed by atoms with van der Waals surface area (Å²) < 4.78 is 5.56. The molecule has 4 heteroatoms. The predicted octanol–water partition coefficient (Wildman–Crippen LogP) is 18.1. The lowest BCUT2D eigenvalue weighted by Crippen LogP contribution is -2.59. The van der Waals surface area contributed by atoms with Crippen molar-refractivity contribution in [3.8, 4) is 39.1 Å². The Bertz CT molecular complexity index is 4010. The number of hydrogen-bond donors (Lipinski definition) is 0. The molecule has 7 aromatic carbocycles. The van der Waals surface area contributed by atoms with Gasteiger partial charge in [0.2, 0.25) is 0 Å². The molecule has 2 nitrogen and oxygen atoms in total. The van der Waals surface area contributed by atoms with Crippen molar-refractivity contribution in [3.05, 3.63) is 159 Å². The summed E-state index contributed by atoms with van der Waals surface area (Å²) in [6, 6.07) is 44.8. The van der Waals surface area contributed by atoms with Gasteiger partial charge in [0.15, 0.2) is 0 Å². The zero-order chi connectivity index (χ0) is 52.1. The van der Waals surface area contributed by atoms with Gasteiger partial charge in [0, 0.05) is 53.4 Å². The second kappa shape index (κ2) is 14.1. The minimum Gasteiger partial charge on any atom is -0.376 e. The molecule has 3 aliphatic carbocycles. The van der Waals surface area contributed by atoms with Crippen LogP contribution in [0.15, 0.2) is 109 Å². The van der Waals surface area contributed by atoms with Crippen molar-refractivity contribution in [3.63, 3.8) is 0 Å². The van der Waals surface area contributed by atoms with Gasteiger partial charge < -0.3 is 9.38 Å². The fourth-order valence-corrected chi connectivity index (χ4v) is 16.2. The molecule has 0 radical (unpaired) electrons. The number of benzene rings is 7. The van der Waals surface area contributed by atoms with Gasteiger partial charge in [-0.15, -0.1) is 11.3 Å². The van der Waals surface area contributed by atoms with Crippen molar-refractivity contribution in [2.75, 3.05) is 4.81 Å². The van der Waals surface area contributed by atoms with Crippen LogP contribution in [0, 0.1) is 0 Å². The van der Waals surface area contributed by atoms with Gasteiger partial charge in [-0.3, -0.25) is 0 Å². The lowest BCUT2D eigenvalue weighted by molar-refractivity contribution is 0.331. The number of fused-ring (bicyclic) bond motifs is 19. The summed E-state index contributed by atoms with van der Waals surface area (Å²) in [5.74, 6) is 0. The van der Waals surface area contributed by atoms with E-state index in [0.29, 0.717) is 0 Å². The van der Waals surface area contributed by atoms with Gasteiger partial charge in [-0.1, -0.05) is 172 Å². The van der Waals surface area contributed by atoms with Crippen LogP contribution in [0.1, 0.15) is 181 Å². The second-order valence-corrected chi connectivity index (χ2v) is 29.9. The molecule has 0 unspecified atom stereocenters. The smallest absolute Gasteiger partial charge is 0.343 e. The number of hydrogen-bond acceptors (Lipinski definition) is 2. The minimum absolute atomic E-state index is 0.00475. The highest BCUT2D eigenvalue weighted by Gasteiger charge is 2.52. The number of aromatic nitrogens is 1. The van der Waals surface area contributed by atoms with Crippen molar-refractivity contribution in [1.29, 1.82) is 0 Å². The summed E-state index contributed by atoms with van der Waals surface area (Å²) in [7, 11) is 0. The Morgan fingerprint density at radius 1 is 0.500 bits per heavy atom. The van der Waals surface area contributed by atoms with Gasteiger partial charge in [0.1, 0.15) is 0 Å². The Morgan fingerprint density at radius 3 is 1.74 bits per heavy atom. The molecule has 2 aliphatic heterocycles. The van der Waals surface area contributed by atoms with Gasteiger partial charge in [0.25, 0.3) is 0 Å². The molecule has 0 spiro atoms. The van der Waals surface area contributed by atoms with Crippen LogP contribution in [-0.2, 0) is 37.9 Å². The Labute approximate surface area is 445 Å². The van der Waals surface area contributed by atoms with E-state index in [-0.39, 0.29) is 44.8 Å². The van der Waals surface area contributed by atoms with Crippen LogP contribution in [-0.4, -0.2) is 11.4 Å². The van der Waals surface area contributed by atoms with E-state index in [2.05, 4.69) is 236 Å². The SMILES string of the molecule is CC(C)(C)c1ccc(N2B3c4sc5ccc(C(C)(C)C)cc5c4-n4c5ccc(C(C)(C)C)cc5c5c6c(c(c3c54)-c3cc4c(cc32)C(C)(C)c2cc3c(cc2-4)C(C)(C)CCC3(C)C)-c2ccccc2C6(C)C)cc1. The van der Waals surface area contributed by atoms with Gasteiger partial charge in [-0.25, -0.2) is 0 Å². The first-order chi connectivity index (χ1) is 34.6. The fourth-order valence-electron chi connectivity index (χ4n) is 15.0. The molecule has 14 rings (SSSR count). The molecule has 0 saturated carbocycles. The summed E-state index contributed by atoms with van der Waals surface area (Å²) in [4.78, 5) is 2.82. The number of nitrogens with zero attached hydrogens (tertiary/aromatic N) is 2. The first-order valence-corrected chi connectivity index (χ1v) is 28.6. The van der Waals surface area contributed by atoms with Crippen LogP contribution >= 0.6 is 11.3 Å². The maximum atomic E-state index is 2.82. The largest absolute Gasteiger partial charge is 0.376 e. The van der Waals surface area contributed by atoms with Crippen molar-refractivity contribution in [2.45, 2.75) is 168 Å². The molecule has 0 atom stereocenters. The quantitative estimate of drug-likeness (QED) is 0.149. The van der Waals surface area contributed by atoms with Gasteiger partial charge >= 0.3 is 6.85 Å². The van der Waals surface area contributed by atoms with Crippen molar-refractivity contribution in [2.24, 2.45) is 0 Å². The van der Waals surface area contributed by atoms with E-state index >= 15 is 0 Å². The summed E-state index contributed by atoms with van der Waals surface area (Å²) in [6.07, 6.45) is 2.40. The number of rotatable bonds is 1. The average Bonchev–Trinajstić information content (AvgIpc) is 4.02. The van der Waals surface area contributed by atoms with Crippen molar-refractivity contribution < 1.29 is 0 Å². The van der Waals surface area contributed by atoms with E-state index in [1.54, 1.807) is 5.56 Å². The minimum atomic E-state index is -0.257. The van der Waals surface area contributed by atoms with Gasteiger partial charge in [0.05, 0.1) is 16.7 Å². The Balaban J connectivity index is 1.21. The molecule has 0 N–H and O–H groups in total. The highest BCUT2D eigenvalue weighted by Crippen LogP contribution is 2.62. The van der Waals surface area contributed by atoms with Crippen LogP contribution in [0.4, 0.5) is 11.4 Å². The first kappa shape index (κ1) is 46.7. The molecule has 0 fully saturated rings. The lowest BCUT2D eigenvalue weighted by atomic mass is 9.46. The van der Waals surface area contributed by atoms with Crippen molar-refractivity contribution in [1.82, 2.24) is 4.57 Å². The van der Waals surface area contributed by atoms with E-state index in [1.807, 2.05) is 11.3 Å². The van der Waals surface area contributed by atoms with Crippen LogP contribution in [0.25, 0.3) is 71.0 Å². The summed E-state index contributed by atoms with van der Waals surface area (Å²) in [6.45, 7) is 41.2. The maximum Gasteiger partial charge on any atom is 0.343 e. The molecule has 0 bridgehead atoms. The van der Waals surface area contributed by atoms with E-state index in [0.717, 1.165) is 0 Å². The molecular weight excluding hydrogens is 912 g/mol. The standard InChI is InChI=1S/C70H73BN2S/c1-64(2,3)38-22-26-41(27-23-38)73-54-37-50-43(44-35-51-52(36-49(44)69(50,14)15)68(12,13)31-30-67(51,10)11)34-46(54)57-56-42-20-18-19-21-48(42)70(16,17)59(56)58-45-32-39(65(4,5)6)24-28-53(45)72-61-47-33-40(66(7,8)9)25-29-55(47)74-63(61)71(73)60(57)62(58)72/h18-29,32-37H,30-31H2,1-17H3. The van der Waals surface area contributed by atoms with E-state index < -0.39 is 0 Å². The lowest BCUT2D eigenvalue weighted by Gasteiger charge is -2.43. The summed E-state index contributed by atoms with van der Waals surface area (Å²) in [5.41, 5.74) is 29.3. The van der Waals surface area contributed by atoms with Gasteiger partial charge in [-0.05, 0) is 178 Å². The highest BCUT2D eigenvalue weighted by atomic mass is 32.1. The van der Waals surface area contributed by atoms with E-state index in [9.17, 15) is 0 Å². The molecular formula is C70H73BN2S. The first-order valence-electron chi connectivity index (χ1n) is 27.8. The molecule has 372 valence electrons. The molecule has 0 amide bonds. The Morgan fingerprint density at radius 2 is 1.08 bits per heavy atom. The topological polar surface area (TPSA) is 8.17 Å². The van der Waals surface area contributed by atoms with Crippen molar-refractivity contribution >= 4 is 71.7 Å². The third kappa shape index (κ3) is 5.90. The Hall–Kier alpha value is -5.84. The second-order valence-electron chi connectivity index (χ2n) is 28.8. The van der Waals surface area contributed by atoms with Crippen LogP contribution in [0.2, 0.25) is 0 Å². The van der Waals surface area contributed by atoms with Crippen LogP contribution < -0.4 is 15.1 Å². The van der Waals surface area contributed by atoms with Crippen LogP contribution in [0.5, 0.6) is 0 Å². The molecule has 2 aromatic heterocycles. The molecule has 5 aliphatic rings. The third-order valence-corrected chi connectivity index (χ3v) is 20.7. The zero-order valence-corrected chi connectivity index (χ0v) is 48.0. The van der Waals surface area contributed by atoms with Crippen LogP contribution in [0.3, 0.4) is 0 Å². The fraction of sp³-hybridized carbons (Fsp3) is 0.371. The van der Waals surface area contributed by atoms with Gasteiger partial charge in [-0.2, -0.15) is 0 Å². The molecule has 0 saturated heterocycles. The number of thiophene rings is 1. The normalized spacial score (nSPS) is 18.1. The monoisotopic (exact) mass is 985 g/mol. The van der Waals surface area contributed by atoms with E-state index in [4.69, 9.17) is 0 Å². The molecule has 74 heavy (non-hydrogen) atoms. The third-order valence-electron chi connectivity index (χ3n) is 19.5. The molecule has 9 aromatic rings.